The van der Waals surface area contributed by atoms with Gasteiger partial charge in [0.25, 0.3) is 0 Å². The van der Waals surface area contributed by atoms with Crippen LogP contribution in [-0.4, -0.2) is 27.0 Å². The minimum Gasteiger partial charge on any atom is -0.326 e. The Morgan fingerprint density at radius 1 is 0.933 bits per heavy atom. The van der Waals surface area contributed by atoms with Crippen LogP contribution in [0.2, 0.25) is 0 Å². The number of para-hydroxylation sites is 1. The second-order valence-electron chi connectivity index (χ2n) is 7.91. The number of rotatable bonds is 10. The average molecular weight is 405 g/mol. The van der Waals surface area contributed by atoms with Crippen LogP contribution in [0.1, 0.15) is 48.2 Å². The van der Waals surface area contributed by atoms with E-state index in [9.17, 15) is 4.79 Å². The van der Waals surface area contributed by atoms with E-state index in [0.717, 1.165) is 61.3 Å². The fourth-order valence-corrected chi connectivity index (χ4v) is 3.90. The number of carbonyl (C=O) groups is 1. The number of nitrogens with zero attached hydrogens (tertiary/aromatic N) is 4. The molecule has 1 aromatic carbocycles. The molecule has 0 N–H and O–H groups in total. The minimum absolute atomic E-state index is 0.116. The first kappa shape index (κ1) is 21.8. The van der Waals surface area contributed by atoms with Crippen molar-refractivity contribution in [3.05, 3.63) is 77.6 Å². The Bertz CT molecular complexity index is 929. The van der Waals surface area contributed by atoms with Gasteiger partial charge in [-0.05, 0) is 68.9 Å². The number of hydrogen-bond acceptors (Lipinski definition) is 3. The number of hydrogen-bond donors (Lipinski definition) is 0. The van der Waals surface area contributed by atoms with Gasteiger partial charge >= 0.3 is 0 Å². The molecular weight excluding hydrogens is 372 g/mol. The van der Waals surface area contributed by atoms with Gasteiger partial charge in [-0.15, -0.1) is 0 Å². The van der Waals surface area contributed by atoms with Gasteiger partial charge < -0.3 is 9.47 Å². The molecule has 30 heavy (non-hydrogen) atoms. The average Bonchev–Trinajstić information content (AvgIpc) is 3.14. The fourth-order valence-electron chi connectivity index (χ4n) is 3.90. The van der Waals surface area contributed by atoms with E-state index in [-0.39, 0.29) is 5.91 Å². The van der Waals surface area contributed by atoms with Crippen molar-refractivity contribution >= 4 is 11.6 Å². The van der Waals surface area contributed by atoms with Crippen LogP contribution in [-0.2, 0) is 17.8 Å². The number of anilines is 1. The lowest BCUT2D eigenvalue weighted by atomic mass is 10.1. The van der Waals surface area contributed by atoms with E-state index in [1.807, 2.05) is 35.0 Å². The molecule has 0 bridgehead atoms. The highest BCUT2D eigenvalue weighted by atomic mass is 16.2. The third kappa shape index (κ3) is 5.78. The van der Waals surface area contributed by atoms with E-state index in [2.05, 4.69) is 54.1 Å². The van der Waals surface area contributed by atoms with Crippen molar-refractivity contribution < 1.29 is 4.79 Å². The Kier molecular flexibility index (Phi) is 7.77. The second kappa shape index (κ2) is 10.7. The van der Waals surface area contributed by atoms with E-state index < -0.39 is 0 Å². The highest BCUT2D eigenvalue weighted by Gasteiger charge is 2.20. The second-order valence-corrected chi connectivity index (χ2v) is 7.91. The van der Waals surface area contributed by atoms with Crippen LogP contribution in [0.25, 0.3) is 0 Å². The van der Waals surface area contributed by atoms with Crippen LogP contribution in [0.15, 0.2) is 55.1 Å². The van der Waals surface area contributed by atoms with E-state index >= 15 is 0 Å². The zero-order valence-electron chi connectivity index (χ0n) is 18.3. The summed E-state index contributed by atoms with van der Waals surface area (Å²) in [4.78, 5) is 23.5. The smallest absolute Gasteiger partial charge is 0.246 e. The van der Waals surface area contributed by atoms with Gasteiger partial charge in [-0.1, -0.05) is 31.0 Å². The van der Waals surface area contributed by atoms with Crippen LogP contribution < -0.4 is 4.90 Å². The van der Waals surface area contributed by atoms with Crippen LogP contribution >= 0.6 is 0 Å². The molecule has 0 saturated carbocycles. The molecule has 0 aliphatic carbocycles. The lowest BCUT2D eigenvalue weighted by Gasteiger charge is -2.27. The number of unbranched alkanes of at least 4 members (excludes halogenated alkanes) is 3. The number of aryl methyl sites for hydroxylation is 4. The summed E-state index contributed by atoms with van der Waals surface area (Å²) in [7, 11) is 0. The third-order valence-electron chi connectivity index (χ3n) is 5.59. The van der Waals surface area contributed by atoms with Gasteiger partial charge in [0.2, 0.25) is 5.91 Å². The molecule has 2 heterocycles. The molecule has 0 unspecified atom stereocenters. The summed E-state index contributed by atoms with van der Waals surface area (Å²) < 4.78 is 1.91. The number of imidazole rings is 1. The number of benzene rings is 1. The summed E-state index contributed by atoms with van der Waals surface area (Å²) in [5, 5.41) is 0. The van der Waals surface area contributed by atoms with E-state index in [0.29, 0.717) is 6.54 Å². The Hall–Kier alpha value is -2.95. The number of pyridine rings is 1. The summed E-state index contributed by atoms with van der Waals surface area (Å²) in [5.74, 6) is 0.978. The number of amides is 1. The Labute approximate surface area is 179 Å². The zero-order chi connectivity index (χ0) is 21.3. The lowest BCUT2D eigenvalue weighted by molar-refractivity contribution is -0.119. The molecule has 3 rings (SSSR count). The maximum atomic E-state index is 13.2. The predicted molar refractivity (Wildman–Crippen MR) is 122 cm³/mol. The SMILES string of the molecule is Cc1cccc(C)c1N(CCCCCCc1ccncc1)C(=O)Cn1ccnc1C. The molecule has 158 valence electrons. The van der Waals surface area contributed by atoms with Crippen molar-refractivity contribution in [2.45, 2.75) is 59.4 Å². The Balaban J connectivity index is 1.60. The first-order valence-electron chi connectivity index (χ1n) is 10.8. The molecule has 0 radical (unpaired) electrons. The molecule has 3 aromatic rings. The van der Waals surface area contributed by atoms with Gasteiger partial charge in [0, 0.05) is 37.0 Å². The van der Waals surface area contributed by atoms with Gasteiger partial charge in [-0.2, -0.15) is 0 Å². The molecule has 1 amide bonds. The maximum absolute atomic E-state index is 13.2. The molecule has 0 saturated heterocycles. The molecule has 0 spiro atoms. The Morgan fingerprint density at radius 2 is 1.63 bits per heavy atom. The van der Waals surface area contributed by atoms with Gasteiger partial charge in [-0.25, -0.2) is 4.98 Å². The van der Waals surface area contributed by atoms with Crippen molar-refractivity contribution in [3.8, 4) is 0 Å². The van der Waals surface area contributed by atoms with Gasteiger partial charge in [-0.3, -0.25) is 9.78 Å². The van der Waals surface area contributed by atoms with Crippen molar-refractivity contribution in [3.63, 3.8) is 0 Å². The standard InChI is InChI=1S/C25H32N4O/c1-20-9-8-10-21(2)25(20)29(24(30)19-28-18-16-27-22(28)3)17-7-5-4-6-11-23-12-14-26-15-13-23/h8-10,12-16,18H,4-7,11,17,19H2,1-3H3. The third-order valence-corrected chi connectivity index (χ3v) is 5.59. The first-order chi connectivity index (χ1) is 14.6. The molecule has 2 aromatic heterocycles. The molecule has 0 atom stereocenters. The van der Waals surface area contributed by atoms with Crippen molar-refractivity contribution in [1.29, 1.82) is 0 Å². The van der Waals surface area contributed by atoms with E-state index in [1.54, 1.807) is 6.20 Å². The van der Waals surface area contributed by atoms with Crippen LogP contribution in [0.5, 0.6) is 0 Å². The summed E-state index contributed by atoms with van der Waals surface area (Å²) >= 11 is 0. The minimum atomic E-state index is 0.116. The van der Waals surface area contributed by atoms with Crippen molar-refractivity contribution in [1.82, 2.24) is 14.5 Å². The number of aromatic nitrogens is 3. The Morgan fingerprint density at radius 3 is 2.30 bits per heavy atom. The predicted octanol–water partition coefficient (Wildman–Crippen LogP) is 5.04. The van der Waals surface area contributed by atoms with Gasteiger partial charge in [0.05, 0.1) is 0 Å². The van der Waals surface area contributed by atoms with Crippen LogP contribution in [0.4, 0.5) is 5.69 Å². The first-order valence-corrected chi connectivity index (χ1v) is 10.8. The molecule has 5 heteroatoms. The highest BCUT2D eigenvalue weighted by molar-refractivity contribution is 5.94. The van der Waals surface area contributed by atoms with E-state index in [4.69, 9.17) is 0 Å². The molecule has 0 fully saturated rings. The van der Waals surface area contributed by atoms with Gasteiger partial charge in [0.15, 0.2) is 0 Å². The van der Waals surface area contributed by atoms with Crippen molar-refractivity contribution in [2.75, 3.05) is 11.4 Å². The topological polar surface area (TPSA) is 51.0 Å². The highest BCUT2D eigenvalue weighted by Crippen LogP contribution is 2.26. The van der Waals surface area contributed by atoms with Crippen LogP contribution in [0, 0.1) is 20.8 Å². The summed E-state index contributed by atoms with van der Waals surface area (Å²) in [6.45, 7) is 7.16. The lowest BCUT2D eigenvalue weighted by Crippen LogP contribution is -2.36. The summed E-state index contributed by atoms with van der Waals surface area (Å²) in [6.07, 6.45) is 12.8. The summed E-state index contributed by atoms with van der Waals surface area (Å²) in [5.41, 5.74) is 4.68. The fraction of sp³-hybridized carbons (Fsp3) is 0.400. The summed E-state index contributed by atoms with van der Waals surface area (Å²) in [6, 6.07) is 10.4. The quantitative estimate of drug-likeness (QED) is 0.445. The van der Waals surface area contributed by atoms with Crippen molar-refractivity contribution in [2.24, 2.45) is 0 Å². The monoisotopic (exact) mass is 404 g/mol. The van der Waals surface area contributed by atoms with Crippen LogP contribution in [0.3, 0.4) is 0 Å². The largest absolute Gasteiger partial charge is 0.326 e. The van der Waals surface area contributed by atoms with Gasteiger partial charge in [0.1, 0.15) is 12.4 Å². The number of carbonyl (C=O) groups excluding carboxylic acids is 1. The molecule has 0 aliphatic heterocycles. The molecule has 5 nitrogen and oxygen atoms in total. The molecular formula is C25H32N4O. The normalized spacial score (nSPS) is 10.9. The zero-order valence-corrected chi connectivity index (χ0v) is 18.3. The molecule has 0 aliphatic rings. The van der Waals surface area contributed by atoms with E-state index in [1.165, 1.54) is 5.56 Å². The maximum Gasteiger partial charge on any atom is 0.246 e.